The number of hydrogen-bond donors (Lipinski definition) is 2. The fourth-order valence-corrected chi connectivity index (χ4v) is 1.83. The summed E-state index contributed by atoms with van der Waals surface area (Å²) in [4.78, 5) is 4.39. The van der Waals surface area contributed by atoms with Crippen LogP contribution >= 0.6 is 11.3 Å². The molecule has 0 aliphatic heterocycles. The van der Waals surface area contributed by atoms with Crippen LogP contribution in [-0.2, 0) is 6.42 Å². The van der Waals surface area contributed by atoms with E-state index in [4.69, 9.17) is 0 Å². The Morgan fingerprint density at radius 1 is 1.38 bits per heavy atom. The Kier molecular flexibility index (Phi) is 4.97. The number of aryl methyl sites for hydroxylation is 1. The van der Waals surface area contributed by atoms with Gasteiger partial charge in [0.2, 0.25) is 0 Å². The van der Waals surface area contributed by atoms with Gasteiger partial charge in [-0.2, -0.15) is 0 Å². The fourth-order valence-electron chi connectivity index (χ4n) is 1.05. The molecule has 1 aromatic heterocycles. The lowest BCUT2D eigenvalue weighted by atomic mass is 10.4. The topological polar surface area (TPSA) is 37.0 Å². The van der Waals surface area contributed by atoms with Gasteiger partial charge in [0.25, 0.3) is 0 Å². The maximum Gasteiger partial charge on any atom is 0.0940 e. The van der Waals surface area contributed by atoms with Crippen molar-refractivity contribution >= 4 is 11.3 Å². The van der Waals surface area contributed by atoms with E-state index in [0.29, 0.717) is 0 Å². The van der Waals surface area contributed by atoms with Crippen LogP contribution in [0.3, 0.4) is 0 Å². The predicted molar refractivity (Wildman–Crippen MR) is 57.4 cm³/mol. The van der Waals surface area contributed by atoms with Crippen LogP contribution in [0.1, 0.15) is 10.7 Å². The smallest absolute Gasteiger partial charge is 0.0940 e. The van der Waals surface area contributed by atoms with Gasteiger partial charge in [0, 0.05) is 37.1 Å². The molecular formula is C9H17N3S. The van der Waals surface area contributed by atoms with E-state index in [-0.39, 0.29) is 0 Å². The van der Waals surface area contributed by atoms with E-state index < -0.39 is 0 Å². The van der Waals surface area contributed by atoms with E-state index in [1.165, 1.54) is 5.01 Å². The third-order valence-corrected chi connectivity index (χ3v) is 2.76. The average molecular weight is 199 g/mol. The monoisotopic (exact) mass is 199 g/mol. The molecule has 3 nitrogen and oxygen atoms in total. The summed E-state index contributed by atoms with van der Waals surface area (Å²) in [5.74, 6) is 0. The van der Waals surface area contributed by atoms with Gasteiger partial charge >= 0.3 is 0 Å². The quantitative estimate of drug-likeness (QED) is 0.666. The van der Waals surface area contributed by atoms with Gasteiger partial charge in [-0.25, -0.2) is 4.98 Å². The van der Waals surface area contributed by atoms with Crippen molar-refractivity contribution in [2.24, 2.45) is 0 Å². The van der Waals surface area contributed by atoms with Crippen molar-refractivity contribution < 1.29 is 0 Å². The molecule has 0 aromatic carbocycles. The highest BCUT2D eigenvalue weighted by molar-refractivity contribution is 7.09. The van der Waals surface area contributed by atoms with Gasteiger partial charge in [0.05, 0.1) is 5.01 Å². The summed E-state index contributed by atoms with van der Waals surface area (Å²) in [5, 5.41) is 9.77. The Morgan fingerprint density at radius 2 is 2.23 bits per heavy atom. The van der Waals surface area contributed by atoms with E-state index in [0.717, 1.165) is 31.7 Å². The molecule has 0 atom stereocenters. The average Bonchev–Trinajstić information content (AvgIpc) is 2.51. The van der Waals surface area contributed by atoms with Crippen LogP contribution in [0.15, 0.2) is 5.38 Å². The molecule has 13 heavy (non-hydrogen) atoms. The second-order valence-electron chi connectivity index (χ2n) is 2.99. The molecule has 2 N–H and O–H groups in total. The Balaban J connectivity index is 2.06. The lowest BCUT2D eigenvalue weighted by molar-refractivity contribution is 0.647. The van der Waals surface area contributed by atoms with Crippen LogP contribution < -0.4 is 10.6 Å². The molecule has 4 heteroatoms. The molecule has 1 rings (SSSR count). The van der Waals surface area contributed by atoms with Crippen molar-refractivity contribution in [2.45, 2.75) is 13.3 Å². The number of hydrogen-bond acceptors (Lipinski definition) is 4. The van der Waals surface area contributed by atoms with Crippen molar-refractivity contribution in [1.82, 2.24) is 15.6 Å². The summed E-state index contributed by atoms with van der Waals surface area (Å²) in [5.41, 5.74) is 1.13. The summed E-state index contributed by atoms with van der Waals surface area (Å²) >= 11 is 1.75. The van der Waals surface area contributed by atoms with E-state index >= 15 is 0 Å². The Bertz CT molecular complexity index is 235. The van der Waals surface area contributed by atoms with E-state index in [1.807, 2.05) is 14.0 Å². The molecule has 0 bridgehead atoms. The molecule has 0 aliphatic rings. The third kappa shape index (κ3) is 4.36. The van der Waals surface area contributed by atoms with Crippen molar-refractivity contribution in [1.29, 1.82) is 0 Å². The maximum atomic E-state index is 4.39. The molecule has 0 saturated carbocycles. The van der Waals surface area contributed by atoms with E-state index in [9.17, 15) is 0 Å². The Labute approximate surface area is 83.6 Å². The molecule has 0 aliphatic carbocycles. The summed E-state index contributed by atoms with van der Waals surface area (Å²) < 4.78 is 0. The fraction of sp³-hybridized carbons (Fsp3) is 0.667. The second-order valence-corrected chi connectivity index (χ2v) is 3.93. The normalized spacial score (nSPS) is 10.6. The van der Waals surface area contributed by atoms with Crippen LogP contribution in [-0.4, -0.2) is 31.7 Å². The maximum absolute atomic E-state index is 4.39. The summed E-state index contributed by atoms with van der Waals surface area (Å²) in [6.45, 7) is 5.11. The highest BCUT2D eigenvalue weighted by Gasteiger charge is 1.96. The highest BCUT2D eigenvalue weighted by Crippen LogP contribution is 2.08. The van der Waals surface area contributed by atoms with Crippen LogP contribution in [0.25, 0.3) is 0 Å². The number of nitrogens with zero attached hydrogens (tertiary/aromatic N) is 1. The number of aromatic nitrogens is 1. The molecule has 1 heterocycles. The molecular weight excluding hydrogens is 182 g/mol. The third-order valence-electron chi connectivity index (χ3n) is 1.73. The standard InChI is InChI=1S/C9H17N3S/c1-8-7-13-9(12-8)3-4-11-6-5-10-2/h7,10-11H,3-6H2,1-2H3. The summed E-state index contributed by atoms with van der Waals surface area (Å²) in [6.07, 6.45) is 1.04. The molecule has 0 saturated heterocycles. The van der Waals surface area contributed by atoms with Gasteiger partial charge in [-0.15, -0.1) is 11.3 Å². The molecule has 0 spiro atoms. The van der Waals surface area contributed by atoms with Crippen molar-refractivity contribution in [2.75, 3.05) is 26.7 Å². The second kappa shape index (κ2) is 6.07. The van der Waals surface area contributed by atoms with E-state index in [1.54, 1.807) is 11.3 Å². The minimum absolute atomic E-state index is 1.02. The summed E-state index contributed by atoms with van der Waals surface area (Å²) in [6, 6.07) is 0. The number of nitrogens with one attached hydrogen (secondary N) is 2. The summed E-state index contributed by atoms with van der Waals surface area (Å²) in [7, 11) is 1.96. The van der Waals surface area contributed by atoms with Crippen LogP contribution in [0.2, 0.25) is 0 Å². The van der Waals surface area contributed by atoms with Gasteiger partial charge in [-0.05, 0) is 14.0 Å². The number of rotatable bonds is 6. The lowest BCUT2D eigenvalue weighted by Crippen LogP contribution is -2.26. The van der Waals surface area contributed by atoms with Crippen molar-refractivity contribution in [3.05, 3.63) is 16.1 Å². The first-order valence-electron chi connectivity index (χ1n) is 4.59. The van der Waals surface area contributed by atoms with Gasteiger partial charge in [0.1, 0.15) is 0 Å². The zero-order valence-corrected chi connectivity index (χ0v) is 9.08. The SMILES string of the molecule is CNCCNCCc1nc(C)cs1. The van der Waals surface area contributed by atoms with Crippen LogP contribution in [0, 0.1) is 6.92 Å². The van der Waals surface area contributed by atoms with Crippen molar-refractivity contribution in [3.63, 3.8) is 0 Å². The minimum atomic E-state index is 1.02. The Morgan fingerprint density at radius 3 is 2.85 bits per heavy atom. The van der Waals surface area contributed by atoms with Crippen LogP contribution in [0.5, 0.6) is 0 Å². The molecule has 0 fully saturated rings. The van der Waals surface area contributed by atoms with Gasteiger partial charge in [0.15, 0.2) is 0 Å². The lowest BCUT2D eigenvalue weighted by Gasteiger charge is -2.01. The molecule has 0 unspecified atom stereocenters. The first-order chi connectivity index (χ1) is 6.33. The first kappa shape index (κ1) is 10.6. The molecule has 0 amide bonds. The number of likely N-dealkylation sites (N-methyl/N-ethyl adjacent to an activating group) is 1. The first-order valence-corrected chi connectivity index (χ1v) is 5.47. The van der Waals surface area contributed by atoms with Gasteiger partial charge in [-0.1, -0.05) is 0 Å². The molecule has 74 valence electrons. The van der Waals surface area contributed by atoms with Crippen LogP contribution in [0.4, 0.5) is 0 Å². The van der Waals surface area contributed by atoms with Crippen molar-refractivity contribution in [3.8, 4) is 0 Å². The largest absolute Gasteiger partial charge is 0.318 e. The highest BCUT2D eigenvalue weighted by atomic mass is 32.1. The Hall–Kier alpha value is -0.450. The molecule has 0 radical (unpaired) electrons. The predicted octanol–water partition coefficient (Wildman–Crippen LogP) is 0.803. The number of thiazole rings is 1. The zero-order chi connectivity index (χ0) is 9.52. The van der Waals surface area contributed by atoms with Gasteiger partial charge in [-0.3, -0.25) is 0 Å². The minimum Gasteiger partial charge on any atom is -0.318 e. The molecule has 1 aromatic rings. The zero-order valence-electron chi connectivity index (χ0n) is 8.26. The van der Waals surface area contributed by atoms with E-state index in [2.05, 4.69) is 21.0 Å². The van der Waals surface area contributed by atoms with Gasteiger partial charge < -0.3 is 10.6 Å².